The highest BCUT2D eigenvalue weighted by Gasteiger charge is 2.36. The van der Waals surface area contributed by atoms with Gasteiger partial charge in [0, 0.05) is 11.0 Å². The molecule has 1 fully saturated rings. The molecule has 2 aromatic rings. The first-order valence-electron chi connectivity index (χ1n) is 8.21. The molecule has 3 rings (SSSR count). The first-order chi connectivity index (χ1) is 13.0. The lowest BCUT2D eigenvalue weighted by molar-refractivity contribution is -0.151. The lowest BCUT2D eigenvalue weighted by Gasteiger charge is -2.22. The van der Waals surface area contributed by atoms with Crippen molar-refractivity contribution in [3.8, 4) is 0 Å². The third-order valence-electron chi connectivity index (χ3n) is 4.07. The van der Waals surface area contributed by atoms with Crippen molar-refractivity contribution in [2.75, 3.05) is 18.5 Å². The van der Waals surface area contributed by atoms with Crippen molar-refractivity contribution in [3.05, 3.63) is 50.9 Å². The molecule has 9 heteroatoms. The summed E-state index contributed by atoms with van der Waals surface area (Å²) in [7, 11) is 0. The van der Waals surface area contributed by atoms with Gasteiger partial charge >= 0.3 is 5.97 Å². The number of rotatable bonds is 5. The molecule has 2 heterocycles. The van der Waals surface area contributed by atoms with Crippen molar-refractivity contribution in [1.82, 2.24) is 4.90 Å². The van der Waals surface area contributed by atoms with Crippen LogP contribution in [0, 0.1) is 5.82 Å². The first-order valence-corrected chi connectivity index (χ1v) is 9.89. The molecular formula is C18H16BrFN2O4S. The van der Waals surface area contributed by atoms with E-state index >= 15 is 0 Å². The fraction of sp³-hybridized carbons (Fsp3) is 0.278. The minimum absolute atomic E-state index is 0.00499. The summed E-state index contributed by atoms with van der Waals surface area (Å²) in [6, 6.07) is 6.96. The molecule has 27 heavy (non-hydrogen) atoms. The molecule has 0 saturated carbocycles. The molecule has 1 saturated heterocycles. The molecule has 1 aromatic heterocycles. The quantitative estimate of drug-likeness (QED) is 0.702. The van der Waals surface area contributed by atoms with Crippen LogP contribution in [0.15, 0.2) is 40.2 Å². The van der Waals surface area contributed by atoms with Crippen LogP contribution in [0.3, 0.4) is 0 Å². The maximum Gasteiger partial charge on any atom is 0.329 e. The summed E-state index contributed by atoms with van der Waals surface area (Å²) in [4.78, 5) is 38.7. The summed E-state index contributed by atoms with van der Waals surface area (Å²) >= 11 is 4.44. The zero-order chi connectivity index (χ0) is 19.4. The maximum absolute atomic E-state index is 13.7. The highest BCUT2D eigenvalue weighted by Crippen LogP contribution is 2.23. The van der Waals surface area contributed by atoms with Crippen LogP contribution in [0.2, 0.25) is 0 Å². The predicted molar refractivity (Wildman–Crippen MR) is 102 cm³/mol. The second-order valence-corrected chi connectivity index (χ2v) is 7.78. The van der Waals surface area contributed by atoms with Gasteiger partial charge in [-0.2, -0.15) is 0 Å². The fourth-order valence-electron chi connectivity index (χ4n) is 2.81. The van der Waals surface area contributed by atoms with Gasteiger partial charge in [-0.15, -0.1) is 11.3 Å². The molecule has 6 nitrogen and oxygen atoms in total. The van der Waals surface area contributed by atoms with E-state index in [2.05, 4.69) is 21.2 Å². The van der Waals surface area contributed by atoms with Gasteiger partial charge < -0.3 is 15.0 Å². The Morgan fingerprint density at radius 1 is 1.33 bits per heavy atom. The smallest absolute Gasteiger partial charge is 0.329 e. The number of hydrogen-bond donors (Lipinski definition) is 1. The number of benzene rings is 1. The number of carbonyl (C=O) groups excluding carboxylic acids is 3. The molecular weight excluding hydrogens is 439 g/mol. The first kappa shape index (κ1) is 19.5. The topological polar surface area (TPSA) is 75.7 Å². The molecule has 0 spiro atoms. The van der Waals surface area contributed by atoms with E-state index in [1.807, 2.05) is 0 Å². The van der Waals surface area contributed by atoms with Crippen molar-refractivity contribution in [2.45, 2.75) is 18.9 Å². The van der Waals surface area contributed by atoms with Crippen LogP contribution in [0.1, 0.15) is 22.5 Å². The second kappa shape index (κ2) is 8.62. The lowest BCUT2D eigenvalue weighted by Crippen LogP contribution is -2.41. The molecule has 0 bridgehead atoms. The largest absolute Gasteiger partial charge is 0.454 e. The number of halogens is 2. The van der Waals surface area contributed by atoms with Gasteiger partial charge in [0.05, 0.1) is 10.6 Å². The van der Waals surface area contributed by atoms with Gasteiger partial charge in [0.2, 0.25) is 0 Å². The zero-order valence-electron chi connectivity index (χ0n) is 14.1. The predicted octanol–water partition coefficient (Wildman–Crippen LogP) is 3.44. The van der Waals surface area contributed by atoms with Gasteiger partial charge in [-0.25, -0.2) is 9.18 Å². The van der Waals surface area contributed by atoms with Crippen molar-refractivity contribution in [2.24, 2.45) is 0 Å². The van der Waals surface area contributed by atoms with E-state index in [-0.39, 0.29) is 11.6 Å². The Labute approximate surface area is 167 Å². The van der Waals surface area contributed by atoms with Gasteiger partial charge in [0.1, 0.15) is 11.9 Å². The Kier molecular flexibility index (Phi) is 6.22. The van der Waals surface area contributed by atoms with Crippen LogP contribution in [-0.4, -0.2) is 41.9 Å². The molecule has 1 atom stereocenters. The van der Waals surface area contributed by atoms with Crippen molar-refractivity contribution < 1.29 is 23.5 Å². The summed E-state index contributed by atoms with van der Waals surface area (Å²) in [5.41, 5.74) is -0.00499. The Hall–Kier alpha value is -2.26. The number of esters is 1. The van der Waals surface area contributed by atoms with Crippen LogP contribution in [0.25, 0.3) is 0 Å². The number of likely N-dealkylation sites (tertiary alicyclic amines) is 1. The van der Waals surface area contributed by atoms with E-state index in [4.69, 9.17) is 4.74 Å². The molecule has 1 aliphatic heterocycles. The molecule has 0 aliphatic carbocycles. The van der Waals surface area contributed by atoms with Gasteiger partial charge in [0.25, 0.3) is 11.8 Å². The van der Waals surface area contributed by atoms with E-state index in [9.17, 15) is 18.8 Å². The monoisotopic (exact) mass is 454 g/mol. The van der Waals surface area contributed by atoms with Crippen LogP contribution < -0.4 is 5.32 Å². The number of hydrogen-bond acceptors (Lipinski definition) is 5. The van der Waals surface area contributed by atoms with E-state index in [0.29, 0.717) is 28.7 Å². The number of nitrogens with zero attached hydrogens (tertiary/aromatic N) is 1. The van der Waals surface area contributed by atoms with E-state index in [1.54, 1.807) is 23.6 Å². The standard InChI is InChI=1S/C18H16BrFN2O4S/c19-11-5-6-13(12(20)9-11)21-16(23)10-26-18(25)14-3-1-7-22(14)17(24)15-4-2-8-27-15/h2,4-6,8-9,14H,1,3,7,10H2,(H,21,23). The molecule has 142 valence electrons. The van der Waals surface area contributed by atoms with E-state index in [0.717, 1.165) is 0 Å². The third kappa shape index (κ3) is 4.72. The molecule has 1 unspecified atom stereocenters. The SMILES string of the molecule is O=C(COC(=O)C1CCCN1C(=O)c1cccs1)Nc1ccc(Br)cc1F. The highest BCUT2D eigenvalue weighted by atomic mass is 79.9. The van der Waals surface area contributed by atoms with E-state index < -0.39 is 30.3 Å². The van der Waals surface area contributed by atoms with Gasteiger partial charge in [-0.1, -0.05) is 22.0 Å². The molecule has 1 aromatic carbocycles. The van der Waals surface area contributed by atoms with E-state index in [1.165, 1.54) is 28.4 Å². The minimum Gasteiger partial charge on any atom is -0.454 e. The third-order valence-corrected chi connectivity index (χ3v) is 5.42. The van der Waals surface area contributed by atoms with Crippen LogP contribution in [0.5, 0.6) is 0 Å². The van der Waals surface area contributed by atoms with Gasteiger partial charge in [0.15, 0.2) is 6.61 Å². The summed E-state index contributed by atoms with van der Waals surface area (Å²) < 4.78 is 19.3. The number of amides is 2. The maximum atomic E-state index is 13.7. The average Bonchev–Trinajstić information content (AvgIpc) is 3.33. The van der Waals surface area contributed by atoms with Crippen LogP contribution >= 0.6 is 27.3 Å². The summed E-state index contributed by atoms with van der Waals surface area (Å²) in [5, 5.41) is 4.14. The van der Waals surface area contributed by atoms with Crippen molar-refractivity contribution in [3.63, 3.8) is 0 Å². The average molecular weight is 455 g/mol. The Morgan fingerprint density at radius 3 is 2.85 bits per heavy atom. The summed E-state index contributed by atoms with van der Waals surface area (Å²) in [6.07, 6.45) is 1.17. The number of nitrogens with one attached hydrogen (secondary N) is 1. The van der Waals surface area contributed by atoms with Crippen LogP contribution in [0.4, 0.5) is 10.1 Å². The summed E-state index contributed by atoms with van der Waals surface area (Å²) in [5.74, 6) is -2.11. The van der Waals surface area contributed by atoms with Crippen LogP contribution in [-0.2, 0) is 14.3 Å². The second-order valence-electron chi connectivity index (χ2n) is 5.91. The van der Waals surface area contributed by atoms with Crippen molar-refractivity contribution in [1.29, 1.82) is 0 Å². The number of carbonyl (C=O) groups is 3. The fourth-order valence-corrected chi connectivity index (χ4v) is 3.82. The minimum atomic E-state index is -0.711. The number of thiophene rings is 1. The molecule has 1 aliphatic rings. The van der Waals surface area contributed by atoms with Gasteiger partial charge in [-0.3, -0.25) is 9.59 Å². The molecule has 2 amide bonds. The Balaban J connectivity index is 1.55. The highest BCUT2D eigenvalue weighted by molar-refractivity contribution is 9.10. The molecule has 1 N–H and O–H groups in total. The zero-order valence-corrected chi connectivity index (χ0v) is 16.5. The normalized spacial score (nSPS) is 16.2. The number of anilines is 1. The number of ether oxygens (including phenoxy) is 1. The van der Waals surface area contributed by atoms with Gasteiger partial charge in [-0.05, 0) is 42.5 Å². The van der Waals surface area contributed by atoms with Crippen molar-refractivity contribution >= 4 is 50.7 Å². The Bertz CT molecular complexity index is 859. The summed E-state index contributed by atoms with van der Waals surface area (Å²) in [6.45, 7) is -0.0847. The molecule has 0 radical (unpaired) electrons. The lowest BCUT2D eigenvalue weighted by atomic mass is 10.2. The Morgan fingerprint density at radius 2 is 2.15 bits per heavy atom.